The van der Waals surface area contributed by atoms with Crippen molar-refractivity contribution in [2.24, 2.45) is 0 Å². The summed E-state index contributed by atoms with van der Waals surface area (Å²) < 4.78 is 5.69. The van der Waals surface area contributed by atoms with Crippen LogP contribution in [0.3, 0.4) is 0 Å². The number of aryl methyl sites for hydroxylation is 2. The quantitative estimate of drug-likeness (QED) is 0.751. The van der Waals surface area contributed by atoms with Gasteiger partial charge in [-0.05, 0) is 56.2 Å². The maximum absolute atomic E-state index is 12.3. The Kier molecular flexibility index (Phi) is 5.79. The van der Waals surface area contributed by atoms with E-state index in [1.165, 1.54) is 0 Å². The first-order chi connectivity index (χ1) is 10.8. The van der Waals surface area contributed by atoms with Crippen molar-refractivity contribution >= 4 is 46.4 Å². The molecule has 2 aromatic carbocycles. The highest BCUT2D eigenvalue weighted by atomic mass is 35.5. The number of nitrogens with one attached hydrogen (secondary N) is 1. The van der Waals surface area contributed by atoms with Crippen LogP contribution in [0, 0.1) is 13.8 Å². The first kappa shape index (κ1) is 17.9. The van der Waals surface area contributed by atoms with E-state index in [-0.39, 0.29) is 5.91 Å². The van der Waals surface area contributed by atoms with E-state index in [0.717, 1.165) is 11.1 Å². The number of rotatable bonds is 4. The van der Waals surface area contributed by atoms with E-state index in [1.807, 2.05) is 13.8 Å². The van der Waals surface area contributed by atoms with Gasteiger partial charge in [0.25, 0.3) is 5.91 Å². The van der Waals surface area contributed by atoms with Gasteiger partial charge in [0.2, 0.25) is 0 Å². The molecule has 0 aliphatic heterocycles. The lowest BCUT2D eigenvalue weighted by atomic mass is 10.1. The molecule has 0 saturated heterocycles. The average molecular weight is 373 g/mol. The Morgan fingerprint density at radius 3 is 2.30 bits per heavy atom. The van der Waals surface area contributed by atoms with Crippen LogP contribution in [0.15, 0.2) is 30.3 Å². The zero-order chi connectivity index (χ0) is 17.1. The summed E-state index contributed by atoms with van der Waals surface area (Å²) in [5.41, 5.74) is 2.24. The number of carbonyl (C=O) groups excluding carboxylic acids is 1. The number of carbonyl (C=O) groups is 1. The lowest BCUT2D eigenvalue weighted by Gasteiger charge is -2.17. The molecule has 0 spiro atoms. The van der Waals surface area contributed by atoms with E-state index in [2.05, 4.69) is 5.32 Å². The third kappa shape index (κ3) is 4.31. The van der Waals surface area contributed by atoms with Crippen LogP contribution >= 0.6 is 34.8 Å². The lowest BCUT2D eigenvalue weighted by molar-refractivity contribution is -0.122. The minimum absolute atomic E-state index is 0.299. The third-order valence-electron chi connectivity index (χ3n) is 3.30. The summed E-state index contributed by atoms with van der Waals surface area (Å²) in [5, 5.41) is 4.08. The van der Waals surface area contributed by atoms with E-state index < -0.39 is 6.10 Å². The molecule has 6 heteroatoms. The van der Waals surface area contributed by atoms with Gasteiger partial charge in [-0.25, -0.2) is 0 Å². The summed E-state index contributed by atoms with van der Waals surface area (Å²) in [7, 11) is 0. The topological polar surface area (TPSA) is 38.3 Å². The Bertz CT molecular complexity index is 724. The fourth-order valence-electron chi connectivity index (χ4n) is 2.07. The van der Waals surface area contributed by atoms with Crippen LogP contribution < -0.4 is 10.1 Å². The molecule has 1 atom stereocenters. The molecule has 0 aliphatic rings. The molecular formula is C17H16Cl3NO2. The molecule has 0 unspecified atom stereocenters. The highest BCUT2D eigenvalue weighted by Crippen LogP contribution is 2.30. The molecule has 0 fully saturated rings. The van der Waals surface area contributed by atoms with Crippen molar-refractivity contribution in [2.75, 3.05) is 5.32 Å². The summed E-state index contributed by atoms with van der Waals surface area (Å²) in [6.45, 7) is 5.43. The van der Waals surface area contributed by atoms with Crippen LogP contribution in [0.1, 0.15) is 18.1 Å². The fourth-order valence-corrected chi connectivity index (χ4v) is 2.52. The van der Waals surface area contributed by atoms with Crippen LogP contribution in [-0.4, -0.2) is 12.0 Å². The summed E-state index contributed by atoms with van der Waals surface area (Å²) in [6.07, 6.45) is -0.704. The molecule has 0 aromatic heterocycles. The summed E-state index contributed by atoms with van der Waals surface area (Å²) in [5.74, 6) is 0.267. The van der Waals surface area contributed by atoms with E-state index in [9.17, 15) is 4.79 Å². The molecule has 1 amide bonds. The van der Waals surface area contributed by atoms with Gasteiger partial charge in [0.1, 0.15) is 5.75 Å². The second kappa shape index (κ2) is 7.43. The van der Waals surface area contributed by atoms with Crippen LogP contribution in [-0.2, 0) is 4.79 Å². The first-order valence-electron chi connectivity index (χ1n) is 6.98. The molecule has 0 saturated carbocycles. The predicted octanol–water partition coefficient (Wildman–Crippen LogP) is 5.67. The molecule has 2 aromatic rings. The number of amides is 1. The summed E-state index contributed by atoms with van der Waals surface area (Å²) in [4.78, 5) is 12.3. The Labute approximate surface area is 150 Å². The molecule has 2 rings (SSSR count). The summed E-state index contributed by atoms with van der Waals surface area (Å²) >= 11 is 18.1. The van der Waals surface area contributed by atoms with Crippen LogP contribution in [0.2, 0.25) is 15.1 Å². The molecule has 23 heavy (non-hydrogen) atoms. The van der Waals surface area contributed by atoms with Gasteiger partial charge in [-0.15, -0.1) is 0 Å². The highest BCUT2D eigenvalue weighted by Gasteiger charge is 2.17. The van der Waals surface area contributed by atoms with Crippen molar-refractivity contribution in [3.8, 4) is 5.75 Å². The van der Waals surface area contributed by atoms with Gasteiger partial charge in [0.15, 0.2) is 6.10 Å². The Morgan fingerprint density at radius 2 is 1.70 bits per heavy atom. The molecule has 0 aliphatic carbocycles. The number of hydrogen-bond donors (Lipinski definition) is 1. The second-order valence-electron chi connectivity index (χ2n) is 5.22. The fraction of sp³-hybridized carbons (Fsp3) is 0.235. The Morgan fingerprint density at radius 1 is 1.09 bits per heavy atom. The Balaban J connectivity index is 2.10. The van der Waals surface area contributed by atoms with Gasteiger partial charge in [-0.1, -0.05) is 40.9 Å². The number of benzene rings is 2. The lowest BCUT2D eigenvalue weighted by Crippen LogP contribution is -2.30. The number of halogens is 3. The normalized spacial score (nSPS) is 11.9. The van der Waals surface area contributed by atoms with Crippen molar-refractivity contribution in [1.29, 1.82) is 0 Å². The summed E-state index contributed by atoms with van der Waals surface area (Å²) in [6, 6.07) is 8.63. The third-order valence-corrected chi connectivity index (χ3v) is 4.72. The van der Waals surface area contributed by atoms with Crippen molar-refractivity contribution in [3.63, 3.8) is 0 Å². The molecule has 0 bridgehead atoms. The van der Waals surface area contributed by atoms with E-state index in [4.69, 9.17) is 39.5 Å². The van der Waals surface area contributed by atoms with Crippen molar-refractivity contribution in [1.82, 2.24) is 0 Å². The highest BCUT2D eigenvalue weighted by molar-refractivity contribution is 6.44. The number of hydrogen-bond acceptors (Lipinski definition) is 2. The maximum atomic E-state index is 12.3. The maximum Gasteiger partial charge on any atom is 0.265 e. The minimum Gasteiger partial charge on any atom is -0.481 e. The molecular weight excluding hydrogens is 357 g/mol. The largest absolute Gasteiger partial charge is 0.481 e. The van der Waals surface area contributed by atoms with Crippen molar-refractivity contribution in [3.05, 3.63) is 56.5 Å². The smallest absolute Gasteiger partial charge is 0.265 e. The zero-order valence-corrected chi connectivity index (χ0v) is 15.2. The monoisotopic (exact) mass is 371 g/mol. The SMILES string of the molecule is Cc1cc(O[C@@H](C)C(=O)Nc2cccc(Cl)c2Cl)cc(C)c1Cl. The van der Waals surface area contributed by atoms with Crippen LogP contribution in [0.5, 0.6) is 5.75 Å². The van der Waals surface area contributed by atoms with Gasteiger partial charge in [-0.2, -0.15) is 0 Å². The molecule has 3 nitrogen and oxygen atoms in total. The van der Waals surface area contributed by atoms with Gasteiger partial charge in [0.05, 0.1) is 15.7 Å². The van der Waals surface area contributed by atoms with E-state index in [1.54, 1.807) is 37.3 Å². The predicted molar refractivity (Wildman–Crippen MR) is 96.1 cm³/mol. The molecule has 1 N–H and O–H groups in total. The van der Waals surface area contributed by atoms with E-state index >= 15 is 0 Å². The van der Waals surface area contributed by atoms with E-state index in [0.29, 0.717) is 26.5 Å². The Hall–Kier alpha value is -1.42. The standard InChI is InChI=1S/C17H16Cl3NO2/c1-9-7-12(8-10(2)15(9)19)23-11(3)17(22)21-14-6-4-5-13(18)16(14)20/h4-8,11H,1-3H3,(H,21,22)/t11-/m0/s1. The zero-order valence-electron chi connectivity index (χ0n) is 12.9. The van der Waals surface area contributed by atoms with Gasteiger partial charge >= 0.3 is 0 Å². The number of ether oxygens (including phenoxy) is 1. The molecule has 0 heterocycles. The van der Waals surface area contributed by atoms with Crippen LogP contribution in [0.25, 0.3) is 0 Å². The number of anilines is 1. The second-order valence-corrected chi connectivity index (χ2v) is 6.38. The first-order valence-corrected chi connectivity index (χ1v) is 8.11. The van der Waals surface area contributed by atoms with Crippen LogP contribution in [0.4, 0.5) is 5.69 Å². The molecule has 122 valence electrons. The minimum atomic E-state index is -0.704. The van der Waals surface area contributed by atoms with Gasteiger partial charge in [-0.3, -0.25) is 4.79 Å². The van der Waals surface area contributed by atoms with Gasteiger partial charge in [0, 0.05) is 5.02 Å². The molecule has 0 radical (unpaired) electrons. The van der Waals surface area contributed by atoms with Crippen molar-refractivity contribution in [2.45, 2.75) is 26.9 Å². The van der Waals surface area contributed by atoms with Gasteiger partial charge < -0.3 is 10.1 Å². The van der Waals surface area contributed by atoms with Crippen molar-refractivity contribution < 1.29 is 9.53 Å². The average Bonchev–Trinajstić information content (AvgIpc) is 2.49.